The maximum absolute atomic E-state index is 9.53. The van der Waals surface area contributed by atoms with E-state index in [9.17, 15) is 5.26 Å². The van der Waals surface area contributed by atoms with Crippen molar-refractivity contribution in [2.24, 2.45) is 7.05 Å². The van der Waals surface area contributed by atoms with Crippen molar-refractivity contribution in [2.45, 2.75) is 26.7 Å². The molecule has 0 radical (unpaired) electrons. The van der Waals surface area contributed by atoms with Gasteiger partial charge in [0.05, 0.1) is 17.2 Å². The Kier molecular flexibility index (Phi) is 3.77. The third-order valence-corrected chi connectivity index (χ3v) is 5.06. The molecular weight excluding hydrogens is 320 g/mol. The van der Waals surface area contributed by atoms with Gasteiger partial charge in [-0.1, -0.05) is 13.8 Å². The second-order valence-corrected chi connectivity index (χ2v) is 7.16. The first-order valence-electron chi connectivity index (χ1n) is 8.85. The standard InChI is InChI=1S/C23H21N2O/c1-14(2)17-11-22-20(10-16(17)13-24)19-9-15(3)18(12-23(19)26-22)21-7-5-6-8-25(21)4/h5-12,14H,1-4H3/q+1. The molecule has 2 aromatic carbocycles. The van der Waals surface area contributed by atoms with Crippen LogP contribution in [0.3, 0.4) is 0 Å². The molecule has 128 valence electrons. The van der Waals surface area contributed by atoms with Crippen LogP contribution in [-0.4, -0.2) is 0 Å². The van der Waals surface area contributed by atoms with Crippen LogP contribution in [0, 0.1) is 18.3 Å². The third-order valence-electron chi connectivity index (χ3n) is 5.06. The van der Waals surface area contributed by atoms with Crippen molar-refractivity contribution in [3.8, 4) is 17.3 Å². The molecule has 2 heterocycles. The molecular formula is C23H21N2O+. The molecule has 0 atom stereocenters. The molecule has 26 heavy (non-hydrogen) atoms. The second kappa shape index (κ2) is 6.00. The number of aromatic nitrogens is 1. The van der Waals surface area contributed by atoms with Crippen LogP contribution in [0.2, 0.25) is 0 Å². The first kappa shape index (κ1) is 16.4. The molecule has 0 amide bonds. The predicted molar refractivity (Wildman–Crippen MR) is 104 cm³/mol. The van der Waals surface area contributed by atoms with E-state index in [1.165, 1.54) is 5.56 Å². The number of nitrogens with zero attached hydrogens (tertiary/aromatic N) is 2. The fraction of sp³-hybridized carbons (Fsp3) is 0.217. The minimum atomic E-state index is 0.280. The summed E-state index contributed by atoms with van der Waals surface area (Å²) in [5.41, 5.74) is 6.95. The first-order valence-corrected chi connectivity index (χ1v) is 8.85. The lowest BCUT2D eigenvalue weighted by molar-refractivity contribution is -0.660. The quantitative estimate of drug-likeness (QED) is 0.459. The van der Waals surface area contributed by atoms with Crippen LogP contribution in [0.15, 0.2) is 53.1 Å². The Morgan fingerprint density at radius 2 is 1.77 bits per heavy atom. The molecule has 0 aliphatic heterocycles. The van der Waals surface area contributed by atoms with Gasteiger partial charge in [-0.15, -0.1) is 0 Å². The Labute approximate surface area is 153 Å². The molecule has 0 fully saturated rings. The smallest absolute Gasteiger partial charge is 0.212 e. The minimum Gasteiger partial charge on any atom is -0.456 e. The summed E-state index contributed by atoms with van der Waals surface area (Å²) in [7, 11) is 2.05. The van der Waals surface area contributed by atoms with E-state index in [0.29, 0.717) is 0 Å². The molecule has 4 rings (SSSR count). The highest BCUT2D eigenvalue weighted by atomic mass is 16.3. The highest BCUT2D eigenvalue weighted by molar-refractivity contribution is 6.07. The lowest BCUT2D eigenvalue weighted by Crippen LogP contribution is -2.30. The normalized spacial score (nSPS) is 11.4. The van der Waals surface area contributed by atoms with Crippen LogP contribution in [0.1, 0.15) is 36.5 Å². The van der Waals surface area contributed by atoms with Crippen molar-refractivity contribution in [3.63, 3.8) is 0 Å². The molecule has 3 heteroatoms. The van der Waals surface area contributed by atoms with Gasteiger partial charge < -0.3 is 4.42 Å². The average molecular weight is 341 g/mol. The van der Waals surface area contributed by atoms with Gasteiger partial charge >= 0.3 is 0 Å². The molecule has 4 aromatic rings. The minimum absolute atomic E-state index is 0.280. The number of benzene rings is 2. The summed E-state index contributed by atoms with van der Waals surface area (Å²) in [6, 6.07) is 16.8. The van der Waals surface area contributed by atoms with Gasteiger partial charge in [0.1, 0.15) is 18.2 Å². The predicted octanol–water partition coefficient (Wildman–Crippen LogP) is 5.38. The summed E-state index contributed by atoms with van der Waals surface area (Å²) in [6.07, 6.45) is 2.05. The van der Waals surface area contributed by atoms with E-state index in [4.69, 9.17) is 4.42 Å². The zero-order chi connectivity index (χ0) is 18.4. The summed E-state index contributed by atoms with van der Waals surface area (Å²) >= 11 is 0. The zero-order valence-electron chi connectivity index (χ0n) is 15.5. The Balaban J connectivity index is 2.02. The van der Waals surface area contributed by atoms with E-state index in [-0.39, 0.29) is 5.92 Å². The van der Waals surface area contributed by atoms with Crippen LogP contribution in [0.5, 0.6) is 0 Å². The van der Waals surface area contributed by atoms with E-state index in [0.717, 1.165) is 44.3 Å². The van der Waals surface area contributed by atoms with Crippen LogP contribution in [0.4, 0.5) is 0 Å². The van der Waals surface area contributed by atoms with Crippen molar-refractivity contribution in [3.05, 3.63) is 65.4 Å². The van der Waals surface area contributed by atoms with Gasteiger partial charge in [0.15, 0.2) is 6.20 Å². The van der Waals surface area contributed by atoms with Crippen molar-refractivity contribution in [2.75, 3.05) is 0 Å². The van der Waals surface area contributed by atoms with Gasteiger partial charge in [0.25, 0.3) is 0 Å². The van der Waals surface area contributed by atoms with Crippen molar-refractivity contribution < 1.29 is 8.98 Å². The highest BCUT2D eigenvalue weighted by Gasteiger charge is 2.18. The number of furan rings is 1. The van der Waals surface area contributed by atoms with Crippen molar-refractivity contribution in [1.29, 1.82) is 5.26 Å². The molecule has 0 aliphatic carbocycles. The molecule has 3 nitrogen and oxygen atoms in total. The number of hydrogen-bond acceptors (Lipinski definition) is 2. The lowest BCUT2D eigenvalue weighted by Gasteiger charge is -2.07. The topological polar surface area (TPSA) is 40.8 Å². The summed E-state index contributed by atoms with van der Waals surface area (Å²) in [5.74, 6) is 0.280. The van der Waals surface area contributed by atoms with Crippen LogP contribution in [-0.2, 0) is 7.05 Å². The maximum Gasteiger partial charge on any atom is 0.212 e. The molecule has 0 unspecified atom stereocenters. The zero-order valence-corrected chi connectivity index (χ0v) is 15.5. The monoisotopic (exact) mass is 341 g/mol. The molecule has 2 aromatic heterocycles. The highest BCUT2D eigenvalue weighted by Crippen LogP contribution is 2.36. The van der Waals surface area contributed by atoms with Gasteiger partial charge in [0.2, 0.25) is 5.69 Å². The van der Waals surface area contributed by atoms with Crippen molar-refractivity contribution >= 4 is 21.9 Å². The summed E-state index contributed by atoms with van der Waals surface area (Å²) in [6.45, 7) is 6.32. The fourth-order valence-electron chi connectivity index (χ4n) is 3.65. The number of pyridine rings is 1. The maximum atomic E-state index is 9.53. The number of rotatable bonds is 2. The Bertz CT molecular complexity index is 1190. The first-order chi connectivity index (χ1) is 12.5. The lowest BCUT2D eigenvalue weighted by atomic mass is 9.95. The summed E-state index contributed by atoms with van der Waals surface area (Å²) < 4.78 is 8.29. The molecule has 0 bridgehead atoms. The Morgan fingerprint density at radius 3 is 2.46 bits per heavy atom. The van der Waals surface area contributed by atoms with E-state index >= 15 is 0 Å². The van der Waals surface area contributed by atoms with Gasteiger partial charge in [-0.25, -0.2) is 4.57 Å². The number of aryl methyl sites for hydroxylation is 2. The Hall–Kier alpha value is -3.12. The van der Waals surface area contributed by atoms with E-state index in [2.05, 4.69) is 49.6 Å². The molecule has 0 saturated heterocycles. The van der Waals surface area contributed by atoms with Crippen molar-refractivity contribution in [1.82, 2.24) is 0 Å². The van der Waals surface area contributed by atoms with E-state index < -0.39 is 0 Å². The van der Waals surface area contributed by atoms with Gasteiger partial charge in [-0.3, -0.25) is 0 Å². The molecule has 0 spiro atoms. The van der Waals surface area contributed by atoms with E-state index in [1.54, 1.807) is 0 Å². The fourth-order valence-corrected chi connectivity index (χ4v) is 3.65. The van der Waals surface area contributed by atoms with Gasteiger partial charge in [0, 0.05) is 22.9 Å². The number of fused-ring (bicyclic) bond motifs is 3. The number of hydrogen-bond donors (Lipinski definition) is 0. The largest absolute Gasteiger partial charge is 0.456 e. The van der Waals surface area contributed by atoms with Gasteiger partial charge in [-0.05, 0) is 54.3 Å². The van der Waals surface area contributed by atoms with Crippen LogP contribution in [0.25, 0.3) is 33.2 Å². The SMILES string of the molecule is Cc1cc2c(cc1-c1cccc[n+]1C)oc1cc(C(C)C)c(C#N)cc12. The molecule has 0 aliphatic rings. The molecule has 0 saturated carbocycles. The number of nitriles is 1. The van der Waals surface area contributed by atoms with Crippen LogP contribution >= 0.6 is 0 Å². The van der Waals surface area contributed by atoms with Crippen LogP contribution < -0.4 is 4.57 Å². The summed E-state index contributed by atoms with van der Waals surface area (Å²) in [4.78, 5) is 0. The summed E-state index contributed by atoms with van der Waals surface area (Å²) in [5, 5.41) is 11.6. The third kappa shape index (κ3) is 2.46. The van der Waals surface area contributed by atoms with E-state index in [1.807, 2.05) is 37.5 Å². The Morgan fingerprint density at radius 1 is 1.04 bits per heavy atom. The second-order valence-electron chi connectivity index (χ2n) is 7.16. The van der Waals surface area contributed by atoms with Gasteiger partial charge in [-0.2, -0.15) is 5.26 Å². The molecule has 0 N–H and O–H groups in total. The average Bonchev–Trinajstić information content (AvgIpc) is 2.97.